The molecule has 5 heteroatoms. The van der Waals surface area contributed by atoms with E-state index in [1.165, 1.54) is 12.3 Å². The van der Waals surface area contributed by atoms with Gasteiger partial charge in [-0.3, -0.25) is 9.78 Å². The molecule has 0 spiro atoms. The van der Waals surface area contributed by atoms with E-state index in [0.717, 1.165) is 18.4 Å². The third kappa shape index (κ3) is 4.11. The highest BCUT2D eigenvalue weighted by Gasteiger charge is 2.28. The average Bonchev–Trinajstić information content (AvgIpc) is 3.12. The molecule has 1 heterocycles. The molecule has 1 aliphatic rings. The Morgan fingerprint density at radius 3 is 2.94 bits per heavy atom. The number of aromatic nitrogens is 1. The Balaban J connectivity index is 1.58. The fourth-order valence-corrected chi connectivity index (χ4v) is 1.55. The van der Waals surface area contributed by atoms with Crippen LogP contribution in [0.5, 0.6) is 0 Å². The quantitative estimate of drug-likeness (QED) is 0.721. The van der Waals surface area contributed by atoms with Crippen molar-refractivity contribution in [3.05, 3.63) is 29.8 Å². The summed E-state index contributed by atoms with van der Waals surface area (Å²) in [6, 6.07) is 1.45. The highest BCUT2D eigenvalue weighted by atomic mass is 19.1. The fourth-order valence-electron chi connectivity index (χ4n) is 1.55. The van der Waals surface area contributed by atoms with Crippen LogP contribution >= 0.6 is 0 Å². The molecular formula is C12H16FN3O. The minimum absolute atomic E-state index is 0.152. The van der Waals surface area contributed by atoms with Crippen LogP contribution in [0.3, 0.4) is 0 Å². The number of rotatable bonds is 6. The third-order valence-electron chi connectivity index (χ3n) is 2.64. The third-order valence-corrected chi connectivity index (χ3v) is 2.64. The van der Waals surface area contributed by atoms with Crippen molar-refractivity contribution in [3.8, 4) is 0 Å². The molecular weight excluding hydrogens is 221 g/mol. The monoisotopic (exact) mass is 237 g/mol. The number of hydrogen-bond acceptors (Lipinski definition) is 3. The van der Waals surface area contributed by atoms with Gasteiger partial charge in [-0.1, -0.05) is 0 Å². The summed E-state index contributed by atoms with van der Waals surface area (Å²) in [6.45, 7) is 1.84. The molecule has 0 aliphatic heterocycles. The van der Waals surface area contributed by atoms with Gasteiger partial charge >= 0.3 is 0 Å². The van der Waals surface area contributed by atoms with Crippen LogP contribution in [-0.4, -0.2) is 24.0 Å². The molecule has 2 rings (SSSR count). The largest absolute Gasteiger partial charge is 0.355 e. The lowest BCUT2D eigenvalue weighted by Crippen LogP contribution is -2.32. The Bertz CT molecular complexity index is 393. The van der Waals surface area contributed by atoms with E-state index in [0.29, 0.717) is 19.6 Å². The molecule has 0 atom stereocenters. The van der Waals surface area contributed by atoms with Crippen LogP contribution in [0.1, 0.15) is 18.4 Å². The van der Waals surface area contributed by atoms with Crippen LogP contribution in [0.4, 0.5) is 4.39 Å². The Morgan fingerprint density at radius 2 is 2.24 bits per heavy atom. The van der Waals surface area contributed by atoms with Crippen LogP contribution in [0.2, 0.25) is 0 Å². The van der Waals surface area contributed by atoms with Gasteiger partial charge < -0.3 is 10.6 Å². The number of pyridine rings is 1. The molecule has 92 valence electrons. The van der Waals surface area contributed by atoms with Gasteiger partial charge in [-0.2, -0.15) is 0 Å². The van der Waals surface area contributed by atoms with Gasteiger partial charge in [0.15, 0.2) is 0 Å². The van der Waals surface area contributed by atoms with E-state index < -0.39 is 0 Å². The molecule has 1 aromatic rings. The Labute approximate surface area is 99.6 Å². The van der Waals surface area contributed by atoms with E-state index in [2.05, 4.69) is 15.6 Å². The molecule has 0 aromatic carbocycles. The maximum Gasteiger partial charge on any atom is 0.223 e. The summed E-state index contributed by atoms with van der Waals surface area (Å²) in [4.78, 5) is 15.0. The van der Waals surface area contributed by atoms with E-state index in [1.807, 2.05) is 0 Å². The highest BCUT2D eigenvalue weighted by Crippen LogP contribution is 2.28. The summed E-state index contributed by atoms with van der Waals surface area (Å²) in [5.74, 6) is 0.0768. The number of halogens is 1. The maximum absolute atomic E-state index is 12.8. The van der Waals surface area contributed by atoms with Crippen LogP contribution in [0.25, 0.3) is 0 Å². The van der Waals surface area contributed by atoms with Crippen molar-refractivity contribution in [1.82, 2.24) is 15.6 Å². The lowest BCUT2D eigenvalue weighted by Gasteiger charge is -2.06. The molecule has 0 saturated heterocycles. The summed E-state index contributed by atoms with van der Waals surface area (Å²) in [5, 5.41) is 5.97. The molecule has 1 fully saturated rings. The molecule has 1 amide bonds. The van der Waals surface area contributed by atoms with E-state index in [4.69, 9.17) is 0 Å². The first-order valence-electron chi connectivity index (χ1n) is 5.83. The number of nitrogens with zero attached hydrogens (tertiary/aromatic N) is 1. The fraction of sp³-hybridized carbons (Fsp3) is 0.500. The zero-order valence-electron chi connectivity index (χ0n) is 9.58. The molecule has 0 unspecified atom stereocenters. The van der Waals surface area contributed by atoms with Crippen molar-refractivity contribution in [3.63, 3.8) is 0 Å². The number of nitrogens with one attached hydrogen (secondary N) is 2. The van der Waals surface area contributed by atoms with Gasteiger partial charge in [-0.25, -0.2) is 4.39 Å². The normalized spacial score (nSPS) is 14.6. The van der Waals surface area contributed by atoms with Gasteiger partial charge in [0.1, 0.15) is 5.82 Å². The van der Waals surface area contributed by atoms with Gasteiger partial charge in [-0.05, 0) is 24.5 Å². The number of amides is 1. The van der Waals surface area contributed by atoms with E-state index >= 15 is 0 Å². The molecule has 0 bridgehead atoms. The predicted octanol–water partition coefficient (Wildman–Crippen LogP) is 0.836. The first-order chi connectivity index (χ1) is 8.25. The Hall–Kier alpha value is -1.49. The first kappa shape index (κ1) is 12.0. The lowest BCUT2D eigenvalue weighted by atomic mass is 10.3. The zero-order chi connectivity index (χ0) is 12.1. The topological polar surface area (TPSA) is 54.0 Å². The first-order valence-corrected chi connectivity index (χ1v) is 5.83. The van der Waals surface area contributed by atoms with Gasteiger partial charge in [-0.15, -0.1) is 0 Å². The smallest absolute Gasteiger partial charge is 0.223 e. The molecule has 0 radical (unpaired) electrons. The SMILES string of the molecule is O=C(NCCNCc1cncc(F)c1)C1CC1. The average molecular weight is 237 g/mol. The number of hydrogen-bond donors (Lipinski definition) is 2. The van der Waals surface area contributed by atoms with Crippen LogP contribution < -0.4 is 10.6 Å². The summed E-state index contributed by atoms with van der Waals surface area (Å²) in [7, 11) is 0. The van der Waals surface area contributed by atoms with Crippen molar-refractivity contribution in [2.24, 2.45) is 5.92 Å². The predicted molar refractivity (Wildman–Crippen MR) is 61.6 cm³/mol. The molecule has 17 heavy (non-hydrogen) atoms. The molecule has 1 aliphatic carbocycles. The number of carbonyl (C=O) groups is 1. The van der Waals surface area contributed by atoms with Gasteiger partial charge in [0.25, 0.3) is 0 Å². The highest BCUT2D eigenvalue weighted by molar-refractivity contribution is 5.80. The van der Waals surface area contributed by atoms with E-state index in [-0.39, 0.29) is 17.6 Å². The second kappa shape index (κ2) is 5.72. The van der Waals surface area contributed by atoms with Crippen LogP contribution in [0.15, 0.2) is 18.5 Å². The van der Waals surface area contributed by atoms with Crippen molar-refractivity contribution >= 4 is 5.91 Å². The van der Waals surface area contributed by atoms with Gasteiger partial charge in [0.05, 0.1) is 6.20 Å². The Kier molecular flexibility index (Phi) is 4.03. The van der Waals surface area contributed by atoms with Crippen LogP contribution in [0, 0.1) is 11.7 Å². The summed E-state index contributed by atoms with van der Waals surface area (Å²) in [5.41, 5.74) is 0.804. The zero-order valence-corrected chi connectivity index (χ0v) is 9.58. The minimum Gasteiger partial charge on any atom is -0.355 e. The van der Waals surface area contributed by atoms with Crippen molar-refractivity contribution in [2.45, 2.75) is 19.4 Å². The second-order valence-electron chi connectivity index (χ2n) is 4.25. The second-order valence-corrected chi connectivity index (χ2v) is 4.25. The van der Waals surface area contributed by atoms with Gasteiger partial charge in [0, 0.05) is 31.7 Å². The van der Waals surface area contributed by atoms with Crippen molar-refractivity contribution in [2.75, 3.05) is 13.1 Å². The van der Waals surface area contributed by atoms with Crippen LogP contribution in [-0.2, 0) is 11.3 Å². The minimum atomic E-state index is -0.327. The summed E-state index contributed by atoms with van der Waals surface area (Å²) < 4.78 is 12.8. The molecule has 4 nitrogen and oxygen atoms in total. The Morgan fingerprint density at radius 1 is 1.41 bits per heavy atom. The van der Waals surface area contributed by atoms with Gasteiger partial charge in [0.2, 0.25) is 5.91 Å². The standard InChI is InChI=1S/C12H16FN3O/c13-11-5-9(7-15-8-11)6-14-3-4-16-12(17)10-1-2-10/h5,7-8,10,14H,1-4,6H2,(H,16,17). The summed E-state index contributed by atoms with van der Waals surface area (Å²) >= 11 is 0. The van der Waals surface area contributed by atoms with Crippen molar-refractivity contribution in [1.29, 1.82) is 0 Å². The van der Waals surface area contributed by atoms with E-state index in [9.17, 15) is 9.18 Å². The molecule has 1 aromatic heterocycles. The maximum atomic E-state index is 12.8. The number of carbonyl (C=O) groups excluding carboxylic acids is 1. The summed E-state index contributed by atoms with van der Waals surface area (Å²) in [6.07, 6.45) is 4.85. The van der Waals surface area contributed by atoms with E-state index in [1.54, 1.807) is 6.20 Å². The van der Waals surface area contributed by atoms with Crippen molar-refractivity contribution < 1.29 is 9.18 Å². The molecule has 2 N–H and O–H groups in total. The lowest BCUT2D eigenvalue weighted by molar-refractivity contribution is -0.122. The molecule has 1 saturated carbocycles.